The van der Waals surface area contributed by atoms with Gasteiger partial charge in [-0.1, -0.05) is 66.7 Å². The molecule has 0 saturated carbocycles. The Hall–Kier alpha value is -3.60. The molecule has 4 aliphatic heterocycles. The van der Waals surface area contributed by atoms with Crippen molar-refractivity contribution in [3.05, 3.63) is 96.6 Å². The van der Waals surface area contributed by atoms with Gasteiger partial charge in [0.15, 0.2) is 18.2 Å². The molecule has 0 radical (unpaired) electrons. The fourth-order valence-electron chi connectivity index (χ4n) is 6.16. The highest BCUT2D eigenvalue weighted by molar-refractivity contribution is 6.23. The molecular weight excluding hydrogens is 512 g/mol. The van der Waals surface area contributed by atoms with Crippen molar-refractivity contribution in [2.75, 3.05) is 9.96 Å². The van der Waals surface area contributed by atoms with Gasteiger partial charge in [0.05, 0.1) is 18.0 Å². The number of benzene rings is 3. The van der Waals surface area contributed by atoms with Gasteiger partial charge in [-0.05, 0) is 43.7 Å². The van der Waals surface area contributed by atoms with Gasteiger partial charge in [-0.15, -0.1) is 0 Å². The monoisotopic (exact) mass is 542 g/mol. The number of rotatable bonds is 6. The number of anilines is 2. The summed E-state index contributed by atoms with van der Waals surface area (Å²) >= 11 is 0. The van der Waals surface area contributed by atoms with Gasteiger partial charge in [0.2, 0.25) is 5.91 Å². The van der Waals surface area contributed by atoms with Crippen molar-refractivity contribution >= 4 is 23.2 Å². The molecular formula is C31H30N2O7. The van der Waals surface area contributed by atoms with Crippen LogP contribution in [0.15, 0.2) is 91.0 Å². The first-order valence-electron chi connectivity index (χ1n) is 13.5. The van der Waals surface area contributed by atoms with Gasteiger partial charge in [0, 0.05) is 0 Å². The molecule has 3 aromatic carbocycles. The third-order valence-corrected chi connectivity index (χ3v) is 7.84. The van der Waals surface area contributed by atoms with E-state index in [9.17, 15) is 9.59 Å². The predicted octanol–water partition coefficient (Wildman–Crippen LogP) is 3.83. The molecule has 0 spiro atoms. The summed E-state index contributed by atoms with van der Waals surface area (Å²) in [6.45, 7) is 3.98. The van der Waals surface area contributed by atoms with Gasteiger partial charge >= 0.3 is 0 Å². The number of carbonyl (C=O) groups excluding carboxylic acids is 2. The Morgan fingerprint density at radius 2 is 1.40 bits per heavy atom. The highest BCUT2D eigenvalue weighted by Gasteiger charge is 2.67. The number of amides is 2. The van der Waals surface area contributed by atoms with Gasteiger partial charge < -0.3 is 18.9 Å². The van der Waals surface area contributed by atoms with Gasteiger partial charge in [-0.2, -0.15) is 0 Å². The molecule has 0 N–H and O–H groups in total. The number of fused-ring (bicyclic) bond motifs is 2. The predicted molar refractivity (Wildman–Crippen MR) is 144 cm³/mol. The molecule has 7 atom stereocenters. The molecule has 9 heteroatoms. The van der Waals surface area contributed by atoms with Crippen LogP contribution in [-0.4, -0.2) is 54.3 Å². The van der Waals surface area contributed by atoms with Crippen molar-refractivity contribution in [2.45, 2.75) is 63.0 Å². The van der Waals surface area contributed by atoms with Crippen LogP contribution in [0.3, 0.4) is 0 Å². The Balaban J connectivity index is 1.27. The van der Waals surface area contributed by atoms with E-state index in [0.29, 0.717) is 18.0 Å². The molecule has 4 aliphatic rings. The Labute approximate surface area is 232 Å². The summed E-state index contributed by atoms with van der Waals surface area (Å²) in [6.07, 6.45) is -3.53. The minimum atomic E-state index is -1.00. The highest BCUT2D eigenvalue weighted by atomic mass is 16.8. The zero-order chi connectivity index (χ0) is 27.4. The van der Waals surface area contributed by atoms with Gasteiger partial charge in [0.25, 0.3) is 5.91 Å². The maximum Gasteiger partial charge on any atom is 0.266 e. The Kier molecular flexibility index (Phi) is 6.21. The Bertz CT molecular complexity index is 1390. The van der Waals surface area contributed by atoms with Crippen LogP contribution >= 0.6 is 0 Å². The zero-order valence-electron chi connectivity index (χ0n) is 22.2. The minimum absolute atomic E-state index is 0.314. The number of hydrogen-bond donors (Lipinski definition) is 0. The fourth-order valence-corrected chi connectivity index (χ4v) is 6.16. The summed E-state index contributed by atoms with van der Waals surface area (Å²) in [4.78, 5) is 35.2. The number of para-hydroxylation sites is 2. The lowest BCUT2D eigenvalue weighted by Crippen LogP contribution is -2.52. The van der Waals surface area contributed by atoms with Crippen molar-refractivity contribution in [3.63, 3.8) is 0 Å². The first-order valence-corrected chi connectivity index (χ1v) is 13.5. The van der Waals surface area contributed by atoms with Crippen LogP contribution in [-0.2, 0) is 40.0 Å². The van der Waals surface area contributed by atoms with Crippen molar-refractivity contribution in [1.82, 2.24) is 0 Å². The van der Waals surface area contributed by atoms with E-state index in [4.69, 9.17) is 23.8 Å². The molecule has 3 aromatic rings. The van der Waals surface area contributed by atoms with Crippen molar-refractivity contribution < 1.29 is 33.4 Å². The van der Waals surface area contributed by atoms with Crippen LogP contribution in [0, 0.1) is 5.92 Å². The second-order valence-electron chi connectivity index (χ2n) is 10.9. The molecule has 0 unspecified atom stereocenters. The first-order chi connectivity index (χ1) is 19.4. The largest absolute Gasteiger partial charge is 0.368 e. The number of nitrogens with zero attached hydrogens (tertiary/aromatic N) is 2. The van der Waals surface area contributed by atoms with E-state index >= 15 is 0 Å². The number of hydroxylamine groups is 1. The molecule has 2 amide bonds. The first kappa shape index (κ1) is 25.4. The van der Waals surface area contributed by atoms with Gasteiger partial charge in [-0.25, -0.2) is 9.96 Å². The van der Waals surface area contributed by atoms with Crippen molar-refractivity contribution in [1.29, 1.82) is 0 Å². The molecule has 7 rings (SSSR count). The standard InChI is InChI=1S/C31H30N2O7/c1-31(2)38-27-26(36-18-19-12-6-3-7-13-19)25(37-30(27)39-31)23-22-24(40-33(23)21-16-10-5-11-17-21)29(35)32(28(22)34)20-14-8-4-9-15-20/h3-17,22-27,30H,18H2,1-2H3/t22-,23+,24+,25+,26-,27+,30+/m0/s1. The SMILES string of the molecule is CC1(C)O[C@H]2O[C@H]([C@H]3[C@@H]4C(=O)N(c5ccccc5)C(=O)[C@@H]4ON3c3ccccc3)[C@H](OCc3ccccc3)[C@H]2O1. The topological polar surface area (TPSA) is 86.8 Å². The van der Waals surface area contributed by atoms with Crippen molar-refractivity contribution in [3.8, 4) is 0 Å². The van der Waals surface area contributed by atoms with Crippen molar-refractivity contribution in [2.24, 2.45) is 5.92 Å². The molecule has 4 fully saturated rings. The molecule has 9 nitrogen and oxygen atoms in total. The summed E-state index contributed by atoms with van der Waals surface area (Å²) in [5, 5.41) is 1.64. The number of imide groups is 1. The van der Waals surface area contributed by atoms with E-state index in [1.54, 1.807) is 29.3 Å². The Morgan fingerprint density at radius 3 is 2.08 bits per heavy atom. The lowest BCUT2D eigenvalue weighted by atomic mass is 9.89. The molecule has 4 heterocycles. The van der Waals surface area contributed by atoms with Gasteiger partial charge in [-0.3, -0.25) is 14.4 Å². The van der Waals surface area contributed by atoms with E-state index in [1.807, 2.05) is 80.6 Å². The van der Waals surface area contributed by atoms with Crippen LogP contribution < -0.4 is 9.96 Å². The summed E-state index contributed by atoms with van der Waals surface area (Å²) in [6, 6.07) is 27.5. The van der Waals surface area contributed by atoms with E-state index < -0.39 is 54.4 Å². The maximum absolute atomic E-state index is 14.0. The third kappa shape index (κ3) is 4.22. The third-order valence-electron chi connectivity index (χ3n) is 7.84. The Morgan fingerprint density at radius 1 is 0.775 bits per heavy atom. The normalized spacial score (nSPS) is 32.5. The molecule has 0 bridgehead atoms. The minimum Gasteiger partial charge on any atom is -0.368 e. The summed E-state index contributed by atoms with van der Waals surface area (Å²) in [5.41, 5.74) is 2.21. The smallest absolute Gasteiger partial charge is 0.266 e. The molecule has 4 saturated heterocycles. The van der Waals surface area contributed by atoms with E-state index in [1.165, 1.54) is 4.90 Å². The number of ether oxygens (including phenoxy) is 4. The molecule has 0 aromatic heterocycles. The van der Waals surface area contributed by atoms with E-state index in [2.05, 4.69) is 0 Å². The van der Waals surface area contributed by atoms with E-state index in [0.717, 1.165) is 5.56 Å². The average molecular weight is 543 g/mol. The maximum atomic E-state index is 14.0. The lowest BCUT2D eigenvalue weighted by Gasteiger charge is -2.35. The zero-order valence-corrected chi connectivity index (χ0v) is 22.2. The molecule has 40 heavy (non-hydrogen) atoms. The van der Waals surface area contributed by atoms with Crippen LogP contribution in [0.1, 0.15) is 19.4 Å². The summed E-state index contributed by atoms with van der Waals surface area (Å²) in [5.74, 6) is -2.42. The molecule has 206 valence electrons. The summed E-state index contributed by atoms with van der Waals surface area (Å²) in [7, 11) is 0. The fraction of sp³-hybridized carbons (Fsp3) is 0.355. The van der Waals surface area contributed by atoms with Gasteiger partial charge in [0.1, 0.15) is 30.3 Å². The van der Waals surface area contributed by atoms with E-state index in [-0.39, 0.29) is 5.91 Å². The second-order valence-corrected chi connectivity index (χ2v) is 10.9. The highest BCUT2D eigenvalue weighted by Crippen LogP contribution is 2.47. The van der Waals surface area contributed by atoms with Crippen LogP contribution in [0.2, 0.25) is 0 Å². The number of carbonyl (C=O) groups is 2. The second kappa shape index (κ2) is 9.79. The lowest BCUT2D eigenvalue weighted by molar-refractivity contribution is -0.222. The van der Waals surface area contributed by atoms with Crippen LogP contribution in [0.4, 0.5) is 11.4 Å². The quantitative estimate of drug-likeness (QED) is 0.435. The number of hydrogen-bond acceptors (Lipinski definition) is 8. The molecule has 0 aliphatic carbocycles. The van der Waals surface area contributed by atoms with Crippen LogP contribution in [0.25, 0.3) is 0 Å². The summed E-state index contributed by atoms with van der Waals surface area (Å²) < 4.78 is 25.4. The average Bonchev–Trinajstić information content (AvgIpc) is 3.66. The van der Waals surface area contributed by atoms with Crippen LogP contribution in [0.5, 0.6) is 0 Å².